The quantitative estimate of drug-likeness (QED) is 0.377. The fourth-order valence-electron chi connectivity index (χ4n) is 4.87. The number of aromatic nitrogens is 1. The minimum Gasteiger partial charge on any atom is -0.358 e. The maximum atomic E-state index is 13.4. The fraction of sp³-hybridized carbons (Fsp3) is 0.214. The van der Waals surface area contributed by atoms with Gasteiger partial charge in [0.25, 0.3) is 5.91 Å². The van der Waals surface area contributed by atoms with Crippen molar-refractivity contribution < 1.29 is 9.59 Å². The molecule has 0 aliphatic carbocycles. The number of aromatic amines is 1. The van der Waals surface area contributed by atoms with Crippen molar-refractivity contribution in [3.8, 4) is 0 Å². The van der Waals surface area contributed by atoms with E-state index in [0.717, 1.165) is 39.7 Å². The minimum absolute atomic E-state index is 0.0285. The normalized spacial score (nSPS) is 15.1. The lowest BCUT2D eigenvalue weighted by Gasteiger charge is -2.26. The molecule has 1 aromatic heterocycles. The smallest absolute Gasteiger partial charge is 0.255 e. The molecule has 1 aliphatic heterocycles. The highest BCUT2D eigenvalue weighted by Crippen LogP contribution is 2.42. The molecule has 6 heteroatoms. The van der Waals surface area contributed by atoms with Crippen LogP contribution in [0.5, 0.6) is 0 Å². The molecule has 5 rings (SSSR count). The second-order valence-electron chi connectivity index (χ2n) is 8.67. The number of nitrogens with one attached hydrogen (secondary N) is 2. The summed E-state index contributed by atoms with van der Waals surface area (Å²) in [5.74, 6) is -0.0913. The Balaban J connectivity index is 1.33. The Hall–Kier alpha value is -3.57. The van der Waals surface area contributed by atoms with E-state index in [1.165, 1.54) is 0 Å². The molecule has 0 saturated heterocycles. The lowest BCUT2D eigenvalue weighted by molar-refractivity contribution is -0.121. The van der Waals surface area contributed by atoms with E-state index in [2.05, 4.69) is 16.4 Å². The van der Waals surface area contributed by atoms with E-state index in [1.807, 2.05) is 78.6 Å². The average molecular weight is 472 g/mol. The largest absolute Gasteiger partial charge is 0.358 e. The summed E-state index contributed by atoms with van der Waals surface area (Å²) in [6, 6.07) is 23.3. The topological polar surface area (TPSA) is 65.2 Å². The molecular weight excluding hydrogens is 446 g/mol. The summed E-state index contributed by atoms with van der Waals surface area (Å²) in [5, 5.41) is 4.78. The fourth-order valence-corrected chi connectivity index (χ4v) is 5.00. The lowest BCUT2D eigenvalue weighted by Crippen LogP contribution is -2.34. The number of hydrogen-bond acceptors (Lipinski definition) is 2. The number of nitrogens with zero attached hydrogens (tertiary/aromatic N) is 1. The third-order valence-electron chi connectivity index (χ3n) is 6.50. The standard InChI is InChI=1S/C28H26ClN3O2/c1-18-26(23-8-4-5-9-24(23)31-18)27-21-6-2-3-7-22(21)28(34)32(27)17-15-25(33)30-16-14-19-10-12-20(29)13-11-19/h2-13,27,31H,14-17H2,1H3,(H,30,33)/t27-/m1/s1. The van der Waals surface area contributed by atoms with Crippen molar-refractivity contribution in [1.29, 1.82) is 0 Å². The highest BCUT2D eigenvalue weighted by molar-refractivity contribution is 6.30. The third kappa shape index (κ3) is 4.19. The van der Waals surface area contributed by atoms with E-state index < -0.39 is 0 Å². The van der Waals surface area contributed by atoms with E-state index in [9.17, 15) is 9.59 Å². The Morgan fingerprint density at radius 3 is 2.59 bits per heavy atom. The summed E-state index contributed by atoms with van der Waals surface area (Å²) < 4.78 is 0. The molecule has 3 aromatic carbocycles. The molecule has 0 bridgehead atoms. The van der Waals surface area contributed by atoms with E-state index in [1.54, 1.807) is 0 Å². The van der Waals surface area contributed by atoms with Crippen LogP contribution >= 0.6 is 11.6 Å². The maximum absolute atomic E-state index is 13.4. The Morgan fingerprint density at radius 1 is 1.03 bits per heavy atom. The van der Waals surface area contributed by atoms with Crippen molar-refractivity contribution in [1.82, 2.24) is 15.2 Å². The van der Waals surface area contributed by atoms with Gasteiger partial charge in [-0.25, -0.2) is 0 Å². The molecule has 0 spiro atoms. The molecule has 2 heterocycles. The number of carbonyl (C=O) groups is 2. The summed E-state index contributed by atoms with van der Waals surface area (Å²) in [6.07, 6.45) is 0.979. The van der Waals surface area contributed by atoms with Crippen molar-refractivity contribution in [2.45, 2.75) is 25.8 Å². The van der Waals surface area contributed by atoms with Gasteiger partial charge >= 0.3 is 0 Å². The van der Waals surface area contributed by atoms with Crippen molar-refractivity contribution in [3.05, 3.63) is 106 Å². The van der Waals surface area contributed by atoms with E-state index >= 15 is 0 Å². The zero-order chi connectivity index (χ0) is 23.7. The van der Waals surface area contributed by atoms with Gasteiger partial charge in [0.2, 0.25) is 5.91 Å². The molecular formula is C28H26ClN3O2. The average Bonchev–Trinajstić information content (AvgIpc) is 3.31. The number of rotatable bonds is 7. The summed E-state index contributed by atoms with van der Waals surface area (Å²) in [7, 11) is 0. The van der Waals surface area contributed by atoms with Crippen LogP contribution in [-0.4, -0.2) is 34.8 Å². The van der Waals surface area contributed by atoms with Gasteiger partial charge in [-0.1, -0.05) is 60.1 Å². The van der Waals surface area contributed by atoms with Crippen molar-refractivity contribution >= 4 is 34.3 Å². The van der Waals surface area contributed by atoms with Crippen molar-refractivity contribution in [3.63, 3.8) is 0 Å². The molecule has 5 nitrogen and oxygen atoms in total. The van der Waals surface area contributed by atoms with Gasteiger partial charge in [0.05, 0.1) is 6.04 Å². The zero-order valence-electron chi connectivity index (χ0n) is 19.0. The zero-order valence-corrected chi connectivity index (χ0v) is 19.7. The van der Waals surface area contributed by atoms with E-state index in [0.29, 0.717) is 23.7 Å². The number of benzene rings is 3. The first kappa shape index (κ1) is 22.2. The predicted molar refractivity (Wildman–Crippen MR) is 135 cm³/mol. The number of hydrogen-bond donors (Lipinski definition) is 2. The SMILES string of the molecule is Cc1[nH]c2ccccc2c1[C@H]1c2ccccc2C(=O)N1CCC(=O)NCCc1ccc(Cl)cc1. The van der Waals surface area contributed by atoms with Crippen LogP contribution in [0.1, 0.15) is 45.2 Å². The van der Waals surface area contributed by atoms with Gasteiger partial charge < -0.3 is 15.2 Å². The molecule has 0 saturated carbocycles. The van der Waals surface area contributed by atoms with Crippen LogP contribution in [-0.2, 0) is 11.2 Å². The Labute approximate surface area is 203 Å². The number of para-hydroxylation sites is 1. The molecule has 4 aromatic rings. The second kappa shape index (κ2) is 9.35. The number of H-pyrrole nitrogens is 1. The maximum Gasteiger partial charge on any atom is 0.255 e. The van der Waals surface area contributed by atoms with Crippen LogP contribution in [0.25, 0.3) is 10.9 Å². The third-order valence-corrected chi connectivity index (χ3v) is 6.76. The predicted octanol–water partition coefficient (Wildman–Crippen LogP) is 5.42. The number of fused-ring (bicyclic) bond motifs is 2. The van der Waals surface area contributed by atoms with E-state index in [-0.39, 0.29) is 24.3 Å². The lowest BCUT2D eigenvalue weighted by atomic mass is 9.95. The van der Waals surface area contributed by atoms with Gasteiger partial charge in [-0.15, -0.1) is 0 Å². The molecule has 2 N–H and O–H groups in total. The van der Waals surface area contributed by atoms with Crippen LogP contribution in [0.4, 0.5) is 0 Å². The van der Waals surface area contributed by atoms with E-state index in [4.69, 9.17) is 11.6 Å². The van der Waals surface area contributed by atoms with Gasteiger partial charge in [-0.05, 0) is 48.7 Å². The van der Waals surface area contributed by atoms with Crippen molar-refractivity contribution in [2.24, 2.45) is 0 Å². The summed E-state index contributed by atoms with van der Waals surface area (Å²) in [4.78, 5) is 31.3. The molecule has 2 amide bonds. The van der Waals surface area contributed by atoms with Gasteiger partial charge in [-0.2, -0.15) is 0 Å². The van der Waals surface area contributed by atoms with Gasteiger partial charge in [0.1, 0.15) is 0 Å². The van der Waals surface area contributed by atoms with Crippen LogP contribution in [0.3, 0.4) is 0 Å². The summed E-state index contributed by atoms with van der Waals surface area (Å²) in [6.45, 7) is 2.94. The molecule has 0 unspecified atom stereocenters. The second-order valence-corrected chi connectivity index (χ2v) is 9.11. The molecule has 0 fully saturated rings. The van der Waals surface area contributed by atoms with Crippen molar-refractivity contribution in [2.75, 3.05) is 13.1 Å². The summed E-state index contributed by atoms with van der Waals surface area (Å²) in [5.41, 5.74) is 5.99. The molecule has 0 radical (unpaired) electrons. The first-order valence-electron chi connectivity index (χ1n) is 11.5. The van der Waals surface area contributed by atoms with Gasteiger partial charge in [-0.3, -0.25) is 9.59 Å². The molecule has 1 aliphatic rings. The number of carbonyl (C=O) groups excluding carboxylic acids is 2. The number of halogens is 1. The molecule has 1 atom stereocenters. The molecule has 34 heavy (non-hydrogen) atoms. The Morgan fingerprint density at radius 2 is 1.76 bits per heavy atom. The minimum atomic E-state index is -0.221. The molecule has 172 valence electrons. The highest BCUT2D eigenvalue weighted by Gasteiger charge is 2.39. The van der Waals surface area contributed by atoms with Gasteiger partial charge in [0, 0.05) is 52.3 Å². The first-order chi connectivity index (χ1) is 16.5. The van der Waals surface area contributed by atoms with Crippen LogP contribution in [0.2, 0.25) is 5.02 Å². The van der Waals surface area contributed by atoms with Gasteiger partial charge in [0.15, 0.2) is 0 Å². The Kier molecular flexibility index (Phi) is 6.12. The Bertz CT molecular complexity index is 1360. The summed E-state index contributed by atoms with van der Waals surface area (Å²) >= 11 is 5.93. The number of amides is 2. The first-order valence-corrected chi connectivity index (χ1v) is 11.9. The van der Waals surface area contributed by atoms with Crippen LogP contribution in [0.15, 0.2) is 72.8 Å². The van der Waals surface area contributed by atoms with Crippen LogP contribution in [0, 0.1) is 6.92 Å². The monoisotopic (exact) mass is 471 g/mol. The number of aryl methyl sites for hydroxylation is 1. The highest BCUT2D eigenvalue weighted by atomic mass is 35.5. The van der Waals surface area contributed by atoms with Crippen LogP contribution < -0.4 is 5.32 Å².